The number of halogens is 1. The summed E-state index contributed by atoms with van der Waals surface area (Å²) in [6.45, 7) is 1.99. The lowest BCUT2D eigenvalue weighted by Crippen LogP contribution is -2.29. The predicted octanol–water partition coefficient (Wildman–Crippen LogP) is 1.58. The van der Waals surface area contributed by atoms with Crippen molar-refractivity contribution in [2.75, 3.05) is 5.32 Å². The molecule has 0 aliphatic carbocycles. The summed E-state index contributed by atoms with van der Waals surface area (Å²) >= 11 is 3.41. The molecule has 4 nitrogen and oxygen atoms in total. The first-order valence-electron chi connectivity index (χ1n) is 4.92. The maximum absolute atomic E-state index is 11.3. The number of carbonyl (C=O) groups is 2. The van der Waals surface area contributed by atoms with E-state index in [1.54, 1.807) is 0 Å². The predicted molar refractivity (Wildman–Crippen MR) is 64.1 cm³/mol. The first kappa shape index (κ1) is 11.1. The van der Waals surface area contributed by atoms with Crippen LogP contribution in [-0.2, 0) is 9.59 Å². The van der Waals surface area contributed by atoms with E-state index in [-0.39, 0.29) is 18.2 Å². The van der Waals surface area contributed by atoms with Crippen LogP contribution in [0.4, 0.5) is 5.69 Å². The molecule has 0 radical (unpaired) electrons. The van der Waals surface area contributed by atoms with E-state index in [4.69, 9.17) is 0 Å². The van der Waals surface area contributed by atoms with Crippen molar-refractivity contribution in [2.45, 2.75) is 19.4 Å². The Bertz CT molecular complexity index is 459. The zero-order chi connectivity index (χ0) is 11.7. The van der Waals surface area contributed by atoms with Crippen molar-refractivity contribution in [3.63, 3.8) is 0 Å². The molecule has 16 heavy (non-hydrogen) atoms. The minimum absolute atomic E-state index is 0.199. The highest BCUT2D eigenvalue weighted by Gasteiger charge is 2.30. The van der Waals surface area contributed by atoms with Crippen LogP contribution in [0.5, 0.6) is 0 Å². The minimum atomic E-state index is -0.456. The lowest BCUT2D eigenvalue weighted by atomic mass is 10.2. The van der Waals surface area contributed by atoms with Gasteiger partial charge in [0.1, 0.15) is 6.04 Å². The van der Waals surface area contributed by atoms with Gasteiger partial charge in [-0.2, -0.15) is 0 Å². The number of hydrogen-bond acceptors (Lipinski definition) is 3. The van der Waals surface area contributed by atoms with Gasteiger partial charge in [-0.1, -0.05) is 22.0 Å². The van der Waals surface area contributed by atoms with Crippen LogP contribution in [0.2, 0.25) is 0 Å². The number of amides is 2. The fourth-order valence-electron chi connectivity index (χ4n) is 1.55. The van der Waals surface area contributed by atoms with Gasteiger partial charge in [0.25, 0.3) is 0 Å². The summed E-state index contributed by atoms with van der Waals surface area (Å²) in [5.74, 6) is -0.490. The van der Waals surface area contributed by atoms with Crippen molar-refractivity contribution in [3.8, 4) is 0 Å². The second-order valence-corrected chi connectivity index (χ2v) is 4.63. The maximum Gasteiger partial charge on any atom is 0.249 e. The third-order valence-corrected chi connectivity index (χ3v) is 3.34. The van der Waals surface area contributed by atoms with Gasteiger partial charge in [0.2, 0.25) is 11.8 Å². The number of anilines is 1. The first-order valence-corrected chi connectivity index (χ1v) is 5.72. The zero-order valence-electron chi connectivity index (χ0n) is 8.71. The highest BCUT2D eigenvalue weighted by molar-refractivity contribution is 9.10. The van der Waals surface area contributed by atoms with Crippen molar-refractivity contribution >= 4 is 33.4 Å². The number of hydrogen-bond donors (Lipinski definition) is 2. The quantitative estimate of drug-likeness (QED) is 0.810. The van der Waals surface area contributed by atoms with Gasteiger partial charge in [0, 0.05) is 10.2 Å². The van der Waals surface area contributed by atoms with Crippen LogP contribution < -0.4 is 10.6 Å². The molecule has 2 rings (SSSR count). The summed E-state index contributed by atoms with van der Waals surface area (Å²) in [5, 5.41) is 5.29. The van der Waals surface area contributed by atoms with E-state index >= 15 is 0 Å². The Morgan fingerprint density at radius 3 is 2.75 bits per heavy atom. The lowest BCUT2D eigenvalue weighted by Gasteiger charge is -2.11. The third kappa shape index (κ3) is 2.24. The molecule has 0 spiro atoms. The molecule has 0 saturated carbocycles. The molecule has 1 aliphatic rings. The molecule has 1 unspecified atom stereocenters. The molecule has 1 saturated heterocycles. The number of nitrogens with one attached hydrogen (secondary N) is 2. The SMILES string of the molecule is Cc1ccc(NC2CC(=O)NC2=O)cc1Br. The summed E-state index contributed by atoms with van der Waals surface area (Å²) in [4.78, 5) is 22.3. The van der Waals surface area contributed by atoms with Crippen LogP contribution in [0.25, 0.3) is 0 Å². The van der Waals surface area contributed by atoms with Gasteiger partial charge in [-0.15, -0.1) is 0 Å². The normalized spacial score (nSPS) is 19.8. The average Bonchev–Trinajstić information content (AvgIpc) is 2.51. The van der Waals surface area contributed by atoms with Gasteiger partial charge >= 0.3 is 0 Å². The van der Waals surface area contributed by atoms with Crippen LogP contribution >= 0.6 is 15.9 Å². The summed E-state index contributed by atoms with van der Waals surface area (Å²) in [6, 6.07) is 5.27. The van der Waals surface area contributed by atoms with Crippen molar-refractivity contribution in [2.24, 2.45) is 0 Å². The average molecular weight is 283 g/mol. The molecule has 1 atom stereocenters. The van der Waals surface area contributed by atoms with Crippen LogP contribution in [-0.4, -0.2) is 17.9 Å². The molecule has 2 N–H and O–H groups in total. The Morgan fingerprint density at radius 1 is 1.44 bits per heavy atom. The van der Waals surface area contributed by atoms with Crippen molar-refractivity contribution in [1.82, 2.24) is 5.32 Å². The molecular formula is C11H11BrN2O2. The van der Waals surface area contributed by atoms with Gasteiger partial charge in [-0.3, -0.25) is 14.9 Å². The fourth-order valence-corrected chi connectivity index (χ4v) is 1.93. The molecule has 0 bridgehead atoms. The van der Waals surface area contributed by atoms with Gasteiger partial charge in [-0.25, -0.2) is 0 Å². The summed E-state index contributed by atoms with van der Waals surface area (Å²) in [6.07, 6.45) is 0.199. The van der Waals surface area contributed by atoms with E-state index < -0.39 is 6.04 Å². The Kier molecular flexibility index (Phi) is 2.96. The molecule has 1 aliphatic heterocycles. The standard InChI is InChI=1S/C11H11BrN2O2/c1-6-2-3-7(4-8(6)12)13-9-5-10(15)14-11(9)16/h2-4,9,13H,5H2,1H3,(H,14,15,16). The largest absolute Gasteiger partial charge is 0.373 e. The molecule has 0 aromatic heterocycles. The summed E-state index contributed by atoms with van der Waals surface area (Å²) < 4.78 is 0.974. The highest BCUT2D eigenvalue weighted by Crippen LogP contribution is 2.22. The Morgan fingerprint density at radius 2 is 2.19 bits per heavy atom. The molecule has 1 heterocycles. The van der Waals surface area contributed by atoms with Gasteiger partial charge < -0.3 is 5.32 Å². The maximum atomic E-state index is 11.3. The Hall–Kier alpha value is -1.36. The van der Waals surface area contributed by atoms with E-state index in [0.29, 0.717) is 0 Å². The molecule has 84 valence electrons. The molecule has 5 heteroatoms. The van der Waals surface area contributed by atoms with Crippen LogP contribution in [0.15, 0.2) is 22.7 Å². The Balaban J connectivity index is 2.12. The van der Waals surface area contributed by atoms with Crippen molar-refractivity contribution < 1.29 is 9.59 Å². The molecule has 1 aromatic carbocycles. The van der Waals surface area contributed by atoms with Gasteiger partial charge in [0.15, 0.2) is 0 Å². The highest BCUT2D eigenvalue weighted by atomic mass is 79.9. The molecule has 2 amide bonds. The van der Waals surface area contributed by atoms with E-state index in [1.807, 2.05) is 25.1 Å². The molecule has 1 aromatic rings. The number of benzene rings is 1. The van der Waals surface area contributed by atoms with Crippen molar-refractivity contribution in [1.29, 1.82) is 0 Å². The fraction of sp³-hybridized carbons (Fsp3) is 0.273. The van der Waals surface area contributed by atoms with E-state index in [2.05, 4.69) is 26.6 Å². The van der Waals surface area contributed by atoms with Crippen LogP contribution in [0, 0.1) is 6.92 Å². The lowest BCUT2D eigenvalue weighted by molar-refractivity contribution is -0.124. The monoisotopic (exact) mass is 282 g/mol. The van der Waals surface area contributed by atoms with Crippen molar-refractivity contribution in [3.05, 3.63) is 28.2 Å². The first-order chi connectivity index (χ1) is 7.56. The van der Waals surface area contributed by atoms with Gasteiger partial charge in [0.05, 0.1) is 6.42 Å². The number of imide groups is 1. The second kappa shape index (κ2) is 4.25. The number of carbonyl (C=O) groups excluding carboxylic acids is 2. The van der Waals surface area contributed by atoms with Gasteiger partial charge in [-0.05, 0) is 24.6 Å². The zero-order valence-corrected chi connectivity index (χ0v) is 10.3. The van der Waals surface area contributed by atoms with E-state index in [0.717, 1.165) is 15.7 Å². The minimum Gasteiger partial charge on any atom is -0.373 e. The van der Waals surface area contributed by atoms with E-state index in [9.17, 15) is 9.59 Å². The molecule has 1 fully saturated rings. The summed E-state index contributed by atoms with van der Waals surface area (Å²) in [7, 11) is 0. The van der Waals surface area contributed by atoms with Crippen LogP contribution in [0.1, 0.15) is 12.0 Å². The second-order valence-electron chi connectivity index (χ2n) is 3.78. The number of aryl methyl sites for hydroxylation is 1. The third-order valence-electron chi connectivity index (χ3n) is 2.48. The number of rotatable bonds is 2. The Labute approximate surface area is 102 Å². The topological polar surface area (TPSA) is 58.2 Å². The van der Waals surface area contributed by atoms with E-state index in [1.165, 1.54) is 0 Å². The smallest absolute Gasteiger partial charge is 0.249 e. The summed E-state index contributed by atoms with van der Waals surface area (Å²) in [5.41, 5.74) is 1.95. The van der Waals surface area contributed by atoms with Crippen LogP contribution in [0.3, 0.4) is 0 Å². The molecular weight excluding hydrogens is 272 g/mol.